The van der Waals surface area contributed by atoms with Crippen LogP contribution in [0.1, 0.15) is 12.0 Å². The van der Waals surface area contributed by atoms with E-state index in [1.165, 1.54) is 60.0 Å². The zero-order chi connectivity index (χ0) is 31.6. The third kappa shape index (κ3) is 4.13. The molecule has 1 aliphatic heterocycles. The molecule has 1 heterocycles. The summed E-state index contributed by atoms with van der Waals surface area (Å²) < 4.78 is 6.82. The molecule has 1 aliphatic carbocycles. The maximum absolute atomic E-state index is 6.82. The van der Waals surface area contributed by atoms with E-state index < -0.39 is 0 Å². The average Bonchev–Trinajstić information content (AvgIpc) is 3.54. The minimum absolute atomic E-state index is 0.0528. The molecule has 2 nitrogen and oxygen atoms in total. The van der Waals surface area contributed by atoms with Crippen LogP contribution in [0.15, 0.2) is 170 Å². The van der Waals surface area contributed by atoms with Crippen molar-refractivity contribution in [2.24, 2.45) is 0 Å². The lowest BCUT2D eigenvalue weighted by Crippen LogP contribution is -2.13. The second-order valence-corrected chi connectivity index (χ2v) is 12.8. The lowest BCUT2D eigenvalue weighted by atomic mass is 9.93. The first-order valence-corrected chi connectivity index (χ1v) is 16.7. The van der Waals surface area contributed by atoms with Crippen molar-refractivity contribution in [1.29, 1.82) is 0 Å². The van der Waals surface area contributed by atoms with Gasteiger partial charge in [0, 0.05) is 34.0 Å². The second kappa shape index (κ2) is 10.7. The number of anilines is 3. The van der Waals surface area contributed by atoms with Gasteiger partial charge >= 0.3 is 0 Å². The highest BCUT2D eigenvalue weighted by atomic mass is 16.5. The van der Waals surface area contributed by atoms with Gasteiger partial charge in [-0.3, -0.25) is 0 Å². The molecular formula is C46H31NO. The smallest absolute Gasteiger partial charge is 0.137 e. The zero-order valence-electron chi connectivity index (χ0n) is 26.3. The maximum atomic E-state index is 6.82. The molecule has 0 aromatic heterocycles. The van der Waals surface area contributed by atoms with Crippen LogP contribution < -0.4 is 9.64 Å². The summed E-state index contributed by atoms with van der Waals surface area (Å²) in [6.07, 6.45) is 7.52. The molecule has 0 spiro atoms. The van der Waals surface area contributed by atoms with Gasteiger partial charge in [-0.05, 0) is 67.7 Å². The predicted molar refractivity (Wildman–Crippen MR) is 203 cm³/mol. The van der Waals surface area contributed by atoms with Gasteiger partial charge in [0.2, 0.25) is 0 Å². The summed E-state index contributed by atoms with van der Waals surface area (Å²) >= 11 is 0. The summed E-state index contributed by atoms with van der Waals surface area (Å²) in [5, 5.41) is 9.80. The molecule has 1 unspecified atom stereocenters. The monoisotopic (exact) mass is 613 g/mol. The molecule has 226 valence electrons. The van der Waals surface area contributed by atoms with Gasteiger partial charge in [0.25, 0.3) is 0 Å². The summed E-state index contributed by atoms with van der Waals surface area (Å²) in [5.41, 5.74) is 8.21. The van der Waals surface area contributed by atoms with E-state index in [2.05, 4.69) is 175 Å². The van der Waals surface area contributed by atoms with Gasteiger partial charge in [0.1, 0.15) is 11.9 Å². The summed E-state index contributed by atoms with van der Waals surface area (Å²) in [4.78, 5) is 2.45. The normalized spacial score (nSPS) is 15.0. The molecule has 0 amide bonds. The Labute approximate surface area is 279 Å². The number of fused-ring (bicyclic) bond motifs is 10. The van der Waals surface area contributed by atoms with Gasteiger partial charge in [0.15, 0.2) is 0 Å². The van der Waals surface area contributed by atoms with Crippen LogP contribution in [-0.2, 0) is 0 Å². The number of benzene rings is 8. The molecule has 0 bridgehead atoms. The predicted octanol–water partition coefficient (Wildman–Crippen LogP) is 12.5. The molecule has 48 heavy (non-hydrogen) atoms. The van der Waals surface area contributed by atoms with Crippen molar-refractivity contribution in [3.8, 4) is 16.9 Å². The van der Waals surface area contributed by atoms with E-state index in [1.54, 1.807) is 0 Å². The van der Waals surface area contributed by atoms with Crippen LogP contribution in [0, 0.1) is 0 Å². The largest absolute Gasteiger partial charge is 0.484 e. The zero-order valence-corrected chi connectivity index (χ0v) is 26.3. The van der Waals surface area contributed by atoms with E-state index in [1.807, 2.05) is 0 Å². The van der Waals surface area contributed by atoms with Crippen LogP contribution in [0.2, 0.25) is 0 Å². The molecule has 10 rings (SSSR count). The Morgan fingerprint density at radius 2 is 1.23 bits per heavy atom. The minimum atomic E-state index is 0.0528. The number of rotatable bonds is 4. The van der Waals surface area contributed by atoms with E-state index >= 15 is 0 Å². The van der Waals surface area contributed by atoms with Crippen molar-refractivity contribution < 1.29 is 4.74 Å². The third-order valence-corrected chi connectivity index (χ3v) is 10.1. The van der Waals surface area contributed by atoms with Crippen molar-refractivity contribution in [3.63, 3.8) is 0 Å². The van der Waals surface area contributed by atoms with E-state index in [-0.39, 0.29) is 6.10 Å². The average molecular weight is 614 g/mol. The van der Waals surface area contributed by atoms with E-state index in [4.69, 9.17) is 4.74 Å². The number of hydrogen-bond acceptors (Lipinski definition) is 2. The Balaban J connectivity index is 1.28. The lowest BCUT2D eigenvalue weighted by molar-refractivity contribution is 0.282. The lowest BCUT2D eigenvalue weighted by Gasteiger charge is -2.29. The Hall–Kier alpha value is -6.12. The van der Waals surface area contributed by atoms with Crippen molar-refractivity contribution in [1.82, 2.24) is 0 Å². The molecule has 2 heteroatoms. The number of nitrogens with zero attached hydrogens (tertiary/aromatic N) is 1. The van der Waals surface area contributed by atoms with Gasteiger partial charge in [-0.15, -0.1) is 0 Å². The molecule has 8 aromatic rings. The molecule has 2 aliphatic rings. The highest BCUT2D eigenvalue weighted by Crippen LogP contribution is 2.51. The molecule has 0 N–H and O–H groups in total. The summed E-state index contributed by atoms with van der Waals surface area (Å²) in [6.45, 7) is 0. The van der Waals surface area contributed by atoms with Crippen molar-refractivity contribution in [2.75, 3.05) is 4.90 Å². The first-order chi connectivity index (χ1) is 23.8. The SMILES string of the molecule is C1=CCC2Oc3c(ccc4cccc(N(c5ccc(-c6ccccc6)cc5)c5cc6ccc7ccccc7c6c6ccccc56)c34)C2=C1. The molecule has 0 saturated carbocycles. The van der Waals surface area contributed by atoms with Gasteiger partial charge in [-0.25, -0.2) is 0 Å². The maximum Gasteiger partial charge on any atom is 0.137 e. The van der Waals surface area contributed by atoms with Gasteiger partial charge in [0.05, 0.1) is 11.4 Å². The van der Waals surface area contributed by atoms with Crippen LogP contribution in [0.5, 0.6) is 5.75 Å². The quantitative estimate of drug-likeness (QED) is 0.183. The van der Waals surface area contributed by atoms with Crippen LogP contribution in [-0.4, -0.2) is 6.10 Å². The van der Waals surface area contributed by atoms with Crippen LogP contribution in [0.4, 0.5) is 17.1 Å². The van der Waals surface area contributed by atoms with E-state index in [9.17, 15) is 0 Å². The van der Waals surface area contributed by atoms with Crippen LogP contribution in [0.3, 0.4) is 0 Å². The Bertz CT molecular complexity index is 2610. The van der Waals surface area contributed by atoms with Gasteiger partial charge in [-0.1, -0.05) is 146 Å². The molecule has 0 saturated heterocycles. The van der Waals surface area contributed by atoms with E-state index in [0.29, 0.717) is 0 Å². The number of hydrogen-bond donors (Lipinski definition) is 0. The Morgan fingerprint density at radius 1 is 0.521 bits per heavy atom. The second-order valence-electron chi connectivity index (χ2n) is 12.8. The van der Waals surface area contributed by atoms with Crippen molar-refractivity contribution >= 4 is 65.7 Å². The Morgan fingerprint density at radius 3 is 2.10 bits per heavy atom. The Kier molecular flexibility index (Phi) is 6.04. The first kappa shape index (κ1) is 27.0. The summed E-state index contributed by atoms with van der Waals surface area (Å²) in [5.74, 6) is 0.977. The van der Waals surface area contributed by atoms with Crippen molar-refractivity contribution in [3.05, 3.63) is 175 Å². The van der Waals surface area contributed by atoms with Crippen LogP contribution in [0.25, 0.3) is 59.8 Å². The van der Waals surface area contributed by atoms with Crippen molar-refractivity contribution in [2.45, 2.75) is 12.5 Å². The van der Waals surface area contributed by atoms with Crippen LogP contribution >= 0.6 is 0 Å². The topological polar surface area (TPSA) is 12.5 Å². The summed E-state index contributed by atoms with van der Waals surface area (Å²) in [6, 6.07) is 55.2. The van der Waals surface area contributed by atoms with Gasteiger partial charge < -0.3 is 9.64 Å². The molecule has 1 atom stereocenters. The molecule has 8 aromatic carbocycles. The fraction of sp³-hybridized carbons (Fsp3) is 0.0435. The number of ether oxygens (including phenoxy) is 1. The molecule has 0 fully saturated rings. The van der Waals surface area contributed by atoms with E-state index in [0.717, 1.165) is 34.6 Å². The minimum Gasteiger partial charge on any atom is -0.484 e. The standard InChI is InChI=1S/C46H31NO/c1-2-11-30(12-3-1)31-23-26-35(27-24-31)47(41-19-10-14-33-25-28-40-38-17-8-9-20-43(38)48-46(40)45(33)41)42-29-34-22-21-32-13-4-5-15-36(32)44(34)39-18-7-6-16-37(39)42/h1-19,21-29,43H,20H2. The molecular weight excluding hydrogens is 583 g/mol. The fourth-order valence-electron chi connectivity index (χ4n) is 7.87. The highest BCUT2D eigenvalue weighted by Gasteiger charge is 2.32. The third-order valence-electron chi connectivity index (χ3n) is 10.1. The summed E-state index contributed by atoms with van der Waals surface area (Å²) in [7, 11) is 0. The highest BCUT2D eigenvalue weighted by molar-refractivity contribution is 6.24. The fourth-order valence-corrected chi connectivity index (χ4v) is 7.87. The number of allylic oxidation sites excluding steroid dienone is 2. The first-order valence-electron chi connectivity index (χ1n) is 16.7. The molecule has 0 radical (unpaired) electrons. The van der Waals surface area contributed by atoms with Gasteiger partial charge in [-0.2, -0.15) is 0 Å².